The molecule has 0 aliphatic carbocycles. The number of aliphatic hydroxyl groups excluding tert-OH is 1. The zero-order valence-electron chi connectivity index (χ0n) is 14.6. The summed E-state index contributed by atoms with van der Waals surface area (Å²) in [4.78, 5) is 14.4. The van der Waals surface area contributed by atoms with Gasteiger partial charge in [-0.15, -0.1) is 0 Å². The lowest BCUT2D eigenvalue weighted by Crippen LogP contribution is -2.40. The fraction of sp³-hybridized carbons (Fsp3) is 0.474. The van der Waals surface area contributed by atoms with Crippen LogP contribution in [-0.2, 0) is 11.2 Å². The highest BCUT2D eigenvalue weighted by atomic mass is 19.1. The first kappa shape index (κ1) is 17.6. The van der Waals surface area contributed by atoms with E-state index in [1.54, 1.807) is 12.1 Å². The minimum atomic E-state index is -0.615. The second-order valence-electron chi connectivity index (χ2n) is 6.80. The van der Waals surface area contributed by atoms with Gasteiger partial charge < -0.3 is 10.0 Å². The van der Waals surface area contributed by atoms with Crippen LogP contribution in [0, 0.1) is 25.6 Å². The molecular formula is C19H24FN3O2. The van der Waals surface area contributed by atoms with Gasteiger partial charge in [0.1, 0.15) is 5.82 Å². The maximum absolute atomic E-state index is 13.0. The van der Waals surface area contributed by atoms with E-state index in [0.29, 0.717) is 19.5 Å². The Hall–Kier alpha value is -2.21. The first-order valence-electron chi connectivity index (χ1n) is 8.67. The Morgan fingerprint density at radius 2 is 1.96 bits per heavy atom. The predicted octanol–water partition coefficient (Wildman–Crippen LogP) is 2.68. The second-order valence-corrected chi connectivity index (χ2v) is 6.80. The van der Waals surface area contributed by atoms with E-state index in [2.05, 4.69) is 10.2 Å². The molecule has 2 heterocycles. The number of H-pyrrole nitrogens is 1. The molecular weight excluding hydrogens is 321 g/mol. The van der Waals surface area contributed by atoms with Crippen molar-refractivity contribution in [1.29, 1.82) is 0 Å². The third-order valence-corrected chi connectivity index (χ3v) is 5.16. The summed E-state index contributed by atoms with van der Waals surface area (Å²) in [5, 5.41) is 17.5. The number of carbonyl (C=O) groups is 1. The molecule has 1 fully saturated rings. The molecule has 0 unspecified atom stereocenters. The maximum atomic E-state index is 13.0. The Morgan fingerprint density at radius 3 is 2.52 bits per heavy atom. The van der Waals surface area contributed by atoms with Crippen LogP contribution >= 0.6 is 0 Å². The number of carbonyl (C=O) groups excluding carboxylic acids is 1. The van der Waals surface area contributed by atoms with Crippen LogP contribution < -0.4 is 0 Å². The number of amides is 1. The highest BCUT2D eigenvalue weighted by Gasteiger charge is 2.28. The van der Waals surface area contributed by atoms with Crippen molar-refractivity contribution in [2.45, 2.75) is 39.2 Å². The highest BCUT2D eigenvalue weighted by Crippen LogP contribution is 2.31. The van der Waals surface area contributed by atoms with Gasteiger partial charge in [-0.1, -0.05) is 12.1 Å². The molecule has 3 rings (SSSR count). The van der Waals surface area contributed by atoms with Crippen LogP contribution in [0.4, 0.5) is 4.39 Å². The third kappa shape index (κ3) is 3.90. The van der Waals surface area contributed by atoms with Crippen LogP contribution in [0.25, 0.3) is 0 Å². The molecule has 1 aliphatic heterocycles. The van der Waals surface area contributed by atoms with Gasteiger partial charge in [-0.05, 0) is 50.3 Å². The lowest BCUT2D eigenvalue weighted by atomic mass is 9.87. The highest BCUT2D eigenvalue weighted by molar-refractivity contribution is 5.79. The maximum Gasteiger partial charge on any atom is 0.227 e. The summed E-state index contributed by atoms with van der Waals surface area (Å²) in [5.74, 6) is -0.115. The Bertz CT molecular complexity index is 714. The SMILES string of the molecule is Cc1n[nH]c(C)c1CC(=O)N1CCC([C@@H](O)c2ccc(F)cc2)CC1. The van der Waals surface area contributed by atoms with Crippen LogP contribution in [0.2, 0.25) is 0 Å². The molecule has 2 aromatic rings. The zero-order valence-corrected chi connectivity index (χ0v) is 14.6. The number of rotatable bonds is 4. The summed E-state index contributed by atoms with van der Waals surface area (Å²) < 4.78 is 13.0. The van der Waals surface area contributed by atoms with Gasteiger partial charge in [-0.2, -0.15) is 5.10 Å². The number of benzene rings is 1. The van der Waals surface area contributed by atoms with E-state index in [1.165, 1.54) is 12.1 Å². The van der Waals surface area contributed by atoms with E-state index >= 15 is 0 Å². The van der Waals surface area contributed by atoms with Crippen LogP contribution in [0.1, 0.15) is 41.5 Å². The summed E-state index contributed by atoms with van der Waals surface area (Å²) in [6.07, 6.45) is 1.23. The van der Waals surface area contributed by atoms with Crippen molar-refractivity contribution in [3.8, 4) is 0 Å². The Kier molecular flexibility index (Phi) is 5.18. The zero-order chi connectivity index (χ0) is 18.0. The number of hydrogen-bond acceptors (Lipinski definition) is 3. The van der Waals surface area contributed by atoms with Crippen LogP contribution in [-0.4, -0.2) is 39.2 Å². The molecule has 5 nitrogen and oxygen atoms in total. The monoisotopic (exact) mass is 345 g/mol. The van der Waals surface area contributed by atoms with Crippen LogP contribution in [0.3, 0.4) is 0 Å². The molecule has 25 heavy (non-hydrogen) atoms. The number of hydrogen-bond donors (Lipinski definition) is 2. The van der Waals surface area contributed by atoms with Gasteiger partial charge in [0.25, 0.3) is 0 Å². The summed E-state index contributed by atoms with van der Waals surface area (Å²) >= 11 is 0. The van der Waals surface area contributed by atoms with Gasteiger partial charge in [0.15, 0.2) is 0 Å². The summed E-state index contributed by atoms with van der Waals surface area (Å²) in [5.41, 5.74) is 3.51. The number of aromatic amines is 1. The summed E-state index contributed by atoms with van der Waals surface area (Å²) in [6.45, 7) is 5.10. The molecule has 1 aliphatic rings. The Balaban J connectivity index is 1.56. The molecule has 1 aromatic carbocycles. The smallest absolute Gasteiger partial charge is 0.227 e. The van der Waals surface area contributed by atoms with E-state index < -0.39 is 6.10 Å². The van der Waals surface area contributed by atoms with Crippen molar-refractivity contribution in [2.24, 2.45) is 5.92 Å². The molecule has 1 saturated heterocycles. The van der Waals surface area contributed by atoms with Crippen LogP contribution in [0.15, 0.2) is 24.3 Å². The van der Waals surface area contributed by atoms with Crippen molar-refractivity contribution in [2.75, 3.05) is 13.1 Å². The van der Waals surface area contributed by atoms with Crippen LogP contribution in [0.5, 0.6) is 0 Å². The lowest BCUT2D eigenvalue weighted by Gasteiger charge is -2.34. The average molecular weight is 345 g/mol. The lowest BCUT2D eigenvalue weighted by molar-refractivity contribution is -0.132. The van der Waals surface area contributed by atoms with Gasteiger partial charge in [0, 0.05) is 24.3 Å². The quantitative estimate of drug-likeness (QED) is 0.895. The van der Waals surface area contributed by atoms with Crippen molar-refractivity contribution in [3.05, 3.63) is 52.6 Å². The van der Waals surface area contributed by atoms with Gasteiger partial charge >= 0.3 is 0 Å². The number of halogens is 1. The molecule has 2 N–H and O–H groups in total. The summed E-state index contributed by atoms with van der Waals surface area (Å²) in [6, 6.07) is 5.99. The molecule has 1 atom stereocenters. The minimum absolute atomic E-state index is 0.0897. The second kappa shape index (κ2) is 7.35. The van der Waals surface area contributed by atoms with E-state index in [-0.39, 0.29) is 17.6 Å². The van der Waals surface area contributed by atoms with Crippen molar-refractivity contribution < 1.29 is 14.3 Å². The van der Waals surface area contributed by atoms with E-state index in [1.807, 2.05) is 18.7 Å². The number of nitrogens with zero attached hydrogens (tertiary/aromatic N) is 2. The molecule has 0 bridgehead atoms. The Morgan fingerprint density at radius 1 is 1.32 bits per heavy atom. The fourth-order valence-corrected chi connectivity index (χ4v) is 3.49. The third-order valence-electron chi connectivity index (χ3n) is 5.16. The summed E-state index contributed by atoms with van der Waals surface area (Å²) in [7, 11) is 0. The largest absolute Gasteiger partial charge is 0.388 e. The van der Waals surface area contributed by atoms with Crippen molar-refractivity contribution >= 4 is 5.91 Å². The first-order valence-corrected chi connectivity index (χ1v) is 8.67. The van der Waals surface area contributed by atoms with Gasteiger partial charge in [0.05, 0.1) is 18.2 Å². The molecule has 1 amide bonds. The standard InChI is InChI=1S/C19H24FN3O2/c1-12-17(13(2)22-21-12)11-18(24)23-9-7-15(8-10-23)19(25)14-3-5-16(20)6-4-14/h3-6,15,19,25H,7-11H2,1-2H3,(H,21,22)/t19-/m0/s1. The van der Waals surface area contributed by atoms with Crippen molar-refractivity contribution in [1.82, 2.24) is 15.1 Å². The minimum Gasteiger partial charge on any atom is -0.388 e. The van der Waals surface area contributed by atoms with Gasteiger partial charge in [-0.25, -0.2) is 4.39 Å². The molecule has 0 radical (unpaired) electrons. The predicted molar refractivity (Wildman–Crippen MR) is 92.4 cm³/mol. The molecule has 0 saturated carbocycles. The number of aromatic nitrogens is 2. The normalized spacial score (nSPS) is 16.9. The average Bonchev–Trinajstić information content (AvgIpc) is 2.94. The van der Waals surface area contributed by atoms with Gasteiger partial charge in [-0.3, -0.25) is 9.89 Å². The van der Waals surface area contributed by atoms with E-state index in [4.69, 9.17) is 0 Å². The molecule has 1 aromatic heterocycles. The van der Waals surface area contributed by atoms with E-state index in [9.17, 15) is 14.3 Å². The number of aryl methyl sites for hydroxylation is 2. The molecule has 0 spiro atoms. The van der Waals surface area contributed by atoms with E-state index in [0.717, 1.165) is 35.4 Å². The molecule has 134 valence electrons. The number of likely N-dealkylation sites (tertiary alicyclic amines) is 1. The van der Waals surface area contributed by atoms with Gasteiger partial charge in [0.2, 0.25) is 5.91 Å². The van der Waals surface area contributed by atoms with Crippen molar-refractivity contribution in [3.63, 3.8) is 0 Å². The number of nitrogens with one attached hydrogen (secondary N) is 1. The molecule has 6 heteroatoms. The first-order chi connectivity index (χ1) is 12.0. The fourth-order valence-electron chi connectivity index (χ4n) is 3.49. The topological polar surface area (TPSA) is 69.2 Å². The number of aliphatic hydroxyl groups is 1. The Labute approximate surface area is 146 Å². The number of piperidine rings is 1.